The van der Waals surface area contributed by atoms with Gasteiger partial charge in [-0.25, -0.2) is 9.97 Å². The van der Waals surface area contributed by atoms with Crippen LogP contribution in [0.25, 0.3) is 21.5 Å². The largest absolute Gasteiger partial charge is 0.497 e. The highest BCUT2D eigenvalue weighted by Crippen LogP contribution is 2.29. The molecule has 0 aliphatic rings. The summed E-state index contributed by atoms with van der Waals surface area (Å²) in [6.07, 6.45) is 2.75. The third kappa shape index (κ3) is 5.04. The maximum Gasteiger partial charge on any atom is 0.188 e. The van der Waals surface area contributed by atoms with Gasteiger partial charge in [0.2, 0.25) is 0 Å². The van der Waals surface area contributed by atoms with E-state index in [0.29, 0.717) is 0 Å². The monoisotopic (exact) mass is 451 g/mol. The van der Waals surface area contributed by atoms with Crippen molar-refractivity contribution in [1.82, 2.24) is 9.97 Å². The number of nitrogens with zero attached hydrogens (tertiary/aromatic N) is 3. The van der Waals surface area contributed by atoms with Crippen LogP contribution in [0, 0.1) is 0 Å². The molecule has 164 valence electrons. The highest BCUT2D eigenvalue weighted by atomic mass is 32.1. The molecule has 0 saturated carbocycles. The van der Waals surface area contributed by atoms with Gasteiger partial charge in [-0.15, -0.1) is 0 Å². The zero-order chi connectivity index (χ0) is 22.5. The van der Waals surface area contributed by atoms with Gasteiger partial charge >= 0.3 is 0 Å². The number of benzene rings is 3. The Morgan fingerprint density at radius 2 is 1.52 bits per heavy atom. The predicted octanol–water partition coefficient (Wildman–Crippen LogP) is 6.62. The van der Waals surface area contributed by atoms with Crippen LogP contribution in [0.2, 0.25) is 0 Å². The number of ether oxygens (including phenoxy) is 1. The van der Waals surface area contributed by atoms with Crippen molar-refractivity contribution >= 4 is 26.8 Å². The minimum atomic E-state index is 0.797. The van der Waals surface area contributed by atoms with Crippen LogP contribution in [0.15, 0.2) is 97.2 Å². The van der Waals surface area contributed by atoms with Crippen molar-refractivity contribution in [1.29, 1.82) is 0 Å². The van der Waals surface area contributed by atoms with E-state index in [2.05, 4.69) is 70.5 Å². The van der Waals surface area contributed by atoms with Gasteiger partial charge in [-0.2, -0.15) is 0 Å². The van der Waals surface area contributed by atoms with E-state index < -0.39 is 0 Å². The fourth-order valence-corrected chi connectivity index (χ4v) is 4.78. The van der Waals surface area contributed by atoms with Gasteiger partial charge in [-0.3, -0.25) is 0 Å². The van der Waals surface area contributed by atoms with Gasteiger partial charge in [0.15, 0.2) is 5.13 Å². The van der Waals surface area contributed by atoms with Crippen LogP contribution in [0.3, 0.4) is 0 Å². The standard InChI is InChI=1S/C28H25N3OS/c1-32-25-15-11-21(12-16-25)17-19-31(28-30-26-8-5-18-29-27(26)33-28)20-22-9-13-24(14-10-22)23-6-3-2-4-7-23/h2-16,18H,17,19-20H2,1H3. The van der Waals surface area contributed by atoms with Crippen LogP contribution in [0.4, 0.5) is 5.13 Å². The minimum Gasteiger partial charge on any atom is -0.497 e. The highest BCUT2D eigenvalue weighted by molar-refractivity contribution is 7.21. The number of rotatable bonds is 8. The van der Waals surface area contributed by atoms with Gasteiger partial charge in [0.25, 0.3) is 0 Å². The lowest BCUT2D eigenvalue weighted by atomic mass is 10.0. The zero-order valence-corrected chi connectivity index (χ0v) is 19.3. The Morgan fingerprint density at radius 3 is 2.24 bits per heavy atom. The summed E-state index contributed by atoms with van der Waals surface area (Å²) in [7, 11) is 1.70. The van der Waals surface area contributed by atoms with Crippen molar-refractivity contribution in [2.45, 2.75) is 13.0 Å². The lowest BCUT2D eigenvalue weighted by Gasteiger charge is -2.22. The third-order valence-corrected chi connectivity index (χ3v) is 6.73. The quantitative estimate of drug-likeness (QED) is 0.266. The van der Waals surface area contributed by atoms with Gasteiger partial charge in [0.05, 0.1) is 7.11 Å². The van der Waals surface area contributed by atoms with Crippen molar-refractivity contribution in [2.75, 3.05) is 18.6 Å². The van der Waals surface area contributed by atoms with E-state index in [1.165, 1.54) is 22.3 Å². The van der Waals surface area contributed by atoms with Crippen molar-refractivity contribution in [3.8, 4) is 16.9 Å². The fourth-order valence-electron chi connectivity index (χ4n) is 3.85. The lowest BCUT2D eigenvalue weighted by molar-refractivity contribution is 0.414. The number of pyridine rings is 1. The number of fused-ring (bicyclic) bond motifs is 1. The molecule has 0 aliphatic heterocycles. The maximum absolute atomic E-state index is 5.29. The zero-order valence-electron chi connectivity index (χ0n) is 18.5. The SMILES string of the molecule is COc1ccc(CCN(Cc2ccc(-c3ccccc3)cc2)c2nc3cccnc3s2)cc1. The first-order valence-electron chi connectivity index (χ1n) is 11.0. The van der Waals surface area contributed by atoms with Crippen LogP contribution in [-0.2, 0) is 13.0 Å². The van der Waals surface area contributed by atoms with Crippen LogP contribution >= 0.6 is 11.3 Å². The van der Waals surface area contributed by atoms with Gasteiger partial charge in [0.1, 0.15) is 16.1 Å². The highest BCUT2D eigenvalue weighted by Gasteiger charge is 2.14. The van der Waals surface area contributed by atoms with Crippen LogP contribution in [0.5, 0.6) is 5.75 Å². The summed E-state index contributed by atoms with van der Waals surface area (Å²) < 4.78 is 5.29. The molecule has 0 saturated heterocycles. The average molecular weight is 452 g/mol. The Hall–Kier alpha value is -3.70. The second kappa shape index (κ2) is 9.84. The van der Waals surface area contributed by atoms with Crippen molar-refractivity contribution in [3.63, 3.8) is 0 Å². The topological polar surface area (TPSA) is 38.2 Å². The molecule has 2 aromatic heterocycles. The Morgan fingerprint density at radius 1 is 0.788 bits per heavy atom. The van der Waals surface area contributed by atoms with Crippen LogP contribution < -0.4 is 9.64 Å². The number of hydrogen-bond donors (Lipinski definition) is 0. The van der Waals surface area contributed by atoms with Crippen LogP contribution in [-0.4, -0.2) is 23.6 Å². The maximum atomic E-state index is 5.29. The number of methoxy groups -OCH3 is 1. The summed E-state index contributed by atoms with van der Waals surface area (Å²) in [6, 6.07) is 31.6. The molecule has 0 atom stereocenters. The minimum absolute atomic E-state index is 0.797. The molecule has 0 bridgehead atoms. The van der Waals surface area contributed by atoms with E-state index in [1.54, 1.807) is 18.4 Å². The molecular weight excluding hydrogens is 426 g/mol. The van der Waals surface area contributed by atoms with E-state index in [4.69, 9.17) is 9.72 Å². The van der Waals surface area contributed by atoms with Gasteiger partial charge < -0.3 is 9.64 Å². The molecule has 5 heteroatoms. The van der Waals surface area contributed by atoms with E-state index >= 15 is 0 Å². The first kappa shape index (κ1) is 21.2. The normalized spacial score (nSPS) is 10.9. The Labute approximate surface area is 198 Å². The van der Waals surface area contributed by atoms with E-state index in [1.807, 2.05) is 36.5 Å². The summed E-state index contributed by atoms with van der Waals surface area (Å²) >= 11 is 1.65. The number of thiazole rings is 1. The smallest absolute Gasteiger partial charge is 0.188 e. The number of anilines is 1. The van der Waals surface area contributed by atoms with Gasteiger partial charge in [-0.05, 0) is 52.9 Å². The van der Waals surface area contributed by atoms with Crippen LogP contribution in [0.1, 0.15) is 11.1 Å². The molecule has 5 aromatic rings. The third-order valence-electron chi connectivity index (χ3n) is 5.69. The van der Waals surface area contributed by atoms with Gasteiger partial charge in [-0.1, -0.05) is 78.1 Å². The van der Waals surface area contributed by atoms with Crippen molar-refractivity contribution in [2.24, 2.45) is 0 Å². The van der Waals surface area contributed by atoms with Crippen molar-refractivity contribution in [3.05, 3.63) is 108 Å². The molecule has 0 unspecified atom stereocenters. The molecule has 0 spiro atoms. The molecule has 4 nitrogen and oxygen atoms in total. The Balaban J connectivity index is 1.38. The molecule has 0 aliphatic carbocycles. The molecule has 0 amide bonds. The molecule has 0 fully saturated rings. The van der Waals surface area contributed by atoms with Gasteiger partial charge in [0, 0.05) is 19.3 Å². The molecule has 33 heavy (non-hydrogen) atoms. The summed E-state index contributed by atoms with van der Waals surface area (Å²) in [5.41, 5.74) is 5.95. The number of hydrogen-bond acceptors (Lipinski definition) is 5. The predicted molar refractivity (Wildman–Crippen MR) is 137 cm³/mol. The molecule has 0 radical (unpaired) electrons. The summed E-state index contributed by atoms with van der Waals surface area (Å²) in [5, 5.41) is 1.00. The first-order chi connectivity index (χ1) is 16.3. The van der Waals surface area contributed by atoms with E-state index in [9.17, 15) is 0 Å². The number of aromatic nitrogens is 2. The summed E-state index contributed by atoms with van der Waals surface area (Å²) in [4.78, 5) is 12.7. The molecule has 3 aromatic carbocycles. The fraction of sp³-hybridized carbons (Fsp3) is 0.143. The first-order valence-corrected chi connectivity index (χ1v) is 11.8. The molecule has 0 N–H and O–H groups in total. The average Bonchev–Trinajstić information content (AvgIpc) is 3.32. The summed E-state index contributed by atoms with van der Waals surface area (Å²) in [6.45, 7) is 1.66. The van der Waals surface area contributed by atoms with E-state index in [0.717, 1.165) is 40.7 Å². The Kier molecular flexibility index (Phi) is 6.31. The summed E-state index contributed by atoms with van der Waals surface area (Å²) in [5.74, 6) is 0.881. The lowest BCUT2D eigenvalue weighted by Crippen LogP contribution is -2.25. The second-order valence-corrected chi connectivity index (χ2v) is 8.86. The molecular formula is C28H25N3OS. The van der Waals surface area contributed by atoms with E-state index in [-0.39, 0.29) is 0 Å². The molecule has 5 rings (SSSR count). The molecule has 2 heterocycles. The van der Waals surface area contributed by atoms with Crippen molar-refractivity contribution < 1.29 is 4.74 Å². The Bertz CT molecular complexity index is 1280. The second-order valence-electron chi connectivity index (χ2n) is 7.91.